The summed E-state index contributed by atoms with van der Waals surface area (Å²) in [6, 6.07) is 7.49. The number of rotatable bonds is 0. The molecule has 0 bridgehead atoms. The summed E-state index contributed by atoms with van der Waals surface area (Å²) in [6.07, 6.45) is 0. The second-order valence-electron chi connectivity index (χ2n) is 4.49. The van der Waals surface area contributed by atoms with E-state index >= 15 is 0 Å². The summed E-state index contributed by atoms with van der Waals surface area (Å²) in [5.74, 6) is 1.85. The fourth-order valence-corrected chi connectivity index (χ4v) is 2.35. The standard InChI is InChI=1S/C13H14N4O/c1-14-11-8-17-12(7-16(11)2)15-10-6-4-3-5-9(10)13(17)18/h3-6H,7-8H2,1-2H3/p+1. The van der Waals surface area contributed by atoms with E-state index in [1.54, 1.807) is 4.57 Å². The molecule has 0 saturated heterocycles. The predicted octanol–water partition coefficient (Wildman–Crippen LogP) is 0.170. The molecule has 2 aromatic rings. The molecule has 3 rings (SSSR count). The van der Waals surface area contributed by atoms with Gasteiger partial charge in [0.15, 0.2) is 5.82 Å². The van der Waals surface area contributed by atoms with Gasteiger partial charge in [-0.2, -0.15) is 0 Å². The summed E-state index contributed by atoms with van der Waals surface area (Å²) >= 11 is 0. The lowest BCUT2D eigenvalue weighted by atomic mass is 10.2. The summed E-state index contributed by atoms with van der Waals surface area (Å²) in [5, 5.41) is 3.81. The second kappa shape index (κ2) is 3.94. The highest BCUT2D eigenvalue weighted by Crippen LogP contribution is 2.10. The van der Waals surface area contributed by atoms with Crippen LogP contribution in [-0.4, -0.2) is 34.1 Å². The minimum Gasteiger partial charge on any atom is -0.280 e. The Morgan fingerprint density at radius 2 is 2.17 bits per heavy atom. The molecular formula is C13H15N4O+. The van der Waals surface area contributed by atoms with E-state index in [-0.39, 0.29) is 5.56 Å². The van der Waals surface area contributed by atoms with Crippen LogP contribution in [0.1, 0.15) is 5.82 Å². The second-order valence-corrected chi connectivity index (χ2v) is 4.49. The molecule has 0 fully saturated rings. The van der Waals surface area contributed by atoms with Crippen LogP contribution >= 0.6 is 0 Å². The summed E-state index contributed by atoms with van der Waals surface area (Å²) < 4.78 is 3.82. The zero-order valence-corrected chi connectivity index (χ0v) is 10.5. The number of fused-ring (bicyclic) bond motifs is 2. The van der Waals surface area contributed by atoms with Gasteiger partial charge in [0, 0.05) is 0 Å². The van der Waals surface area contributed by atoms with Gasteiger partial charge in [-0.25, -0.2) is 4.98 Å². The van der Waals surface area contributed by atoms with E-state index in [2.05, 4.69) is 14.9 Å². The maximum absolute atomic E-state index is 12.4. The first-order valence-electron chi connectivity index (χ1n) is 5.94. The van der Waals surface area contributed by atoms with Crippen molar-refractivity contribution >= 4 is 16.7 Å². The van der Waals surface area contributed by atoms with Crippen LogP contribution in [0.25, 0.3) is 10.9 Å². The van der Waals surface area contributed by atoms with Crippen molar-refractivity contribution in [3.8, 4) is 0 Å². The lowest BCUT2D eigenvalue weighted by molar-refractivity contribution is -0.522. The van der Waals surface area contributed by atoms with E-state index in [1.165, 1.54) is 0 Å². The molecule has 0 unspecified atom stereocenters. The van der Waals surface area contributed by atoms with Gasteiger partial charge >= 0.3 is 0 Å². The fourth-order valence-electron chi connectivity index (χ4n) is 2.35. The van der Waals surface area contributed by atoms with E-state index in [4.69, 9.17) is 0 Å². The van der Waals surface area contributed by atoms with Crippen LogP contribution in [-0.2, 0) is 13.1 Å². The summed E-state index contributed by atoms with van der Waals surface area (Å²) in [5.41, 5.74) is 0.812. The molecule has 0 radical (unpaired) electrons. The molecule has 5 heteroatoms. The van der Waals surface area contributed by atoms with Crippen LogP contribution in [0, 0.1) is 0 Å². The predicted molar refractivity (Wildman–Crippen MR) is 70.0 cm³/mol. The van der Waals surface area contributed by atoms with Crippen molar-refractivity contribution in [2.45, 2.75) is 13.1 Å². The van der Waals surface area contributed by atoms with Gasteiger partial charge in [-0.15, -0.1) is 0 Å². The molecule has 1 N–H and O–H groups in total. The van der Waals surface area contributed by atoms with Crippen molar-refractivity contribution < 1.29 is 4.58 Å². The van der Waals surface area contributed by atoms with Crippen LogP contribution in [0.5, 0.6) is 0 Å². The Labute approximate surface area is 104 Å². The van der Waals surface area contributed by atoms with Gasteiger partial charge in [0.1, 0.15) is 13.1 Å². The molecule has 0 atom stereocenters. The number of nitrogens with zero attached hydrogens (tertiary/aromatic N) is 3. The molecule has 0 saturated carbocycles. The minimum atomic E-state index is 0.0384. The van der Waals surface area contributed by atoms with Gasteiger partial charge in [0.05, 0.1) is 25.0 Å². The Hall–Kier alpha value is -2.17. The van der Waals surface area contributed by atoms with E-state index in [9.17, 15) is 4.79 Å². The highest BCUT2D eigenvalue weighted by atomic mass is 16.1. The lowest BCUT2D eigenvalue weighted by Crippen LogP contribution is -2.42. The summed E-state index contributed by atoms with van der Waals surface area (Å²) in [6.45, 7) is 1.20. The molecule has 0 aliphatic carbocycles. The highest BCUT2D eigenvalue weighted by molar-refractivity contribution is 5.80. The van der Waals surface area contributed by atoms with Gasteiger partial charge in [0.2, 0.25) is 0 Å². The first-order valence-corrected chi connectivity index (χ1v) is 5.94. The van der Waals surface area contributed by atoms with Crippen molar-refractivity contribution in [3.63, 3.8) is 0 Å². The average molecular weight is 243 g/mol. The monoisotopic (exact) mass is 243 g/mol. The Morgan fingerprint density at radius 1 is 1.39 bits per heavy atom. The number of para-hydroxylation sites is 1. The third-order valence-corrected chi connectivity index (χ3v) is 3.38. The SMILES string of the molecule is CNC1=[N+](C)Cc2nc3ccccc3c(=O)n2C1. The zero-order chi connectivity index (χ0) is 12.7. The first-order chi connectivity index (χ1) is 8.70. The number of amidine groups is 1. The van der Waals surface area contributed by atoms with Crippen LogP contribution in [0.4, 0.5) is 0 Å². The molecular weight excluding hydrogens is 228 g/mol. The number of hydrogen-bond acceptors (Lipinski definition) is 3. The Bertz CT molecular complexity index is 714. The molecule has 1 aromatic heterocycles. The largest absolute Gasteiger partial charge is 0.280 e. The third-order valence-electron chi connectivity index (χ3n) is 3.38. The topological polar surface area (TPSA) is 49.9 Å². The summed E-state index contributed by atoms with van der Waals surface area (Å²) in [7, 11) is 3.87. The smallest absolute Gasteiger partial charge is 0.265 e. The van der Waals surface area contributed by atoms with E-state index in [0.29, 0.717) is 18.5 Å². The van der Waals surface area contributed by atoms with Crippen LogP contribution in [0.3, 0.4) is 0 Å². The minimum absolute atomic E-state index is 0.0384. The van der Waals surface area contributed by atoms with Crippen LogP contribution in [0.15, 0.2) is 29.1 Å². The van der Waals surface area contributed by atoms with Gasteiger partial charge in [0.25, 0.3) is 11.4 Å². The number of nitrogens with one attached hydrogen (secondary N) is 1. The molecule has 92 valence electrons. The molecule has 1 aromatic carbocycles. The molecule has 0 spiro atoms. The van der Waals surface area contributed by atoms with Crippen molar-refractivity contribution in [2.24, 2.45) is 0 Å². The van der Waals surface area contributed by atoms with Gasteiger partial charge < -0.3 is 0 Å². The first kappa shape index (κ1) is 11.0. The molecule has 18 heavy (non-hydrogen) atoms. The highest BCUT2D eigenvalue weighted by Gasteiger charge is 2.22. The Morgan fingerprint density at radius 3 is 2.94 bits per heavy atom. The summed E-state index contributed by atoms with van der Waals surface area (Å²) in [4.78, 5) is 17.0. The maximum Gasteiger partial charge on any atom is 0.265 e. The molecule has 0 amide bonds. The van der Waals surface area contributed by atoms with Crippen molar-refractivity contribution in [1.29, 1.82) is 0 Å². The normalized spacial score (nSPS) is 14.8. The van der Waals surface area contributed by atoms with E-state index in [0.717, 1.165) is 17.2 Å². The van der Waals surface area contributed by atoms with Gasteiger partial charge in [-0.05, 0) is 12.1 Å². The molecule has 1 aliphatic heterocycles. The molecule has 2 heterocycles. The average Bonchev–Trinajstić information content (AvgIpc) is 2.38. The van der Waals surface area contributed by atoms with Crippen LogP contribution < -0.4 is 10.9 Å². The number of hydrogen-bond donors (Lipinski definition) is 1. The zero-order valence-electron chi connectivity index (χ0n) is 10.5. The number of aromatic nitrogens is 2. The van der Waals surface area contributed by atoms with Gasteiger partial charge in [-0.1, -0.05) is 12.1 Å². The fraction of sp³-hybridized carbons (Fsp3) is 0.308. The van der Waals surface area contributed by atoms with Gasteiger partial charge in [-0.3, -0.25) is 19.3 Å². The Kier molecular flexibility index (Phi) is 2.40. The van der Waals surface area contributed by atoms with E-state index in [1.807, 2.05) is 38.4 Å². The number of benzene rings is 1. The van der Waals surface area contributed by atoms with Crippen molar-refractivity contribution in [3.05, 3.63) is 40.4 Å². The van der Waals surface area contributed by atoms with Crippen molar-refractivity contribution in [2.75, 3.05) is 14.1 Å². The quantitative estimate of drug-likeness (QED) is 0.671. The molecule has 5 nitrogen and oxygen atoms in total. The molecule has 1 aliphatic rings. The number of likely N-dealkylation sites (N-methyl/N-ethyl adjacent to an activating group) is 1. The maximum atomic E-state index is 12.4. The van der Waals surface area contributed by atoms with Crippen LogP contribution in [0.2, 0.25) is 0 Å². The third kappa shape index (κ3) is 1.51. The van der Waals surface area contributed by atoms with E-state index < -0.39 is 0 Å². The Balaban J connectivity index is 2.27. The van der Waals surface area contributed by atoms with Crippen molar-refractivity contribution in [1.82, 2.24) is 14.9 Å². The lowest BCUT2D eigenvalue weighted by Gasteiger charge is -2.18.